The summed E-state index contributed by atoms with van der Waals surface area (Å²) in [5, 5.41) is 3.06. The predicted molar refractivity (Wildman–Crippen MR) is 110 cm³/mol. The number of fused-ring (bicyclic) bond motifs is 1. The summed E-state index contributed by atoms with van der Waals surface area (Å²) in [5.74, 6) is -0.301. The van der Waals surface area contributed by atoms with Gasteiger partial charge in [0.2, 0.25) is 11.8 Å². The van der Waals surface area contributed by atoms with Crippen LogP contribution in [0.4, 0.5) is 11.4 Å². The molecular formula is C20H27N5O4. The molecule has 29 heavy (non-hydrogen) atoms. The lowest BCUT2D eigenvalue weighted by Gasteiger charge is -2.32. The van der Waals surface area contributed by atoms with Gasteiger partial charge in [0, 0.05) is 39.7 Å². The van der Waals surface area contributed by atoms with Gasteiger partial charge in [0.1, 0.15) is 0 Å². The second kappa shape index (κ2) is 8.28. The minimum absolute atomic E-state index is 0.0650. The first-order valence-corrected chi connectivity index (χ1v) is 10.1. The van der Waals surface area contributed by atoms with E-state index in [0.717, 1.165) is 37.1 Å². The van der Waals surface area contributed by atoms with Crippen molar-refractivity contribution < 1.29 is 14.3 Å². The van der Waals surface area contributed by atoms with E-state index in [4.69, 9.17) is 4.74 Å². The molecule has 0 radical (unpaired) electrons. The second-order valence-corrected chi connectivity index (χ2v) is 7.75. The molecule has 2 aliphatic heterocycles. The van der Waals surface area contributed by atoms with E-state index in [1.807, 2.05) is 12.1 Å². The summed E-state index contributed by atoms with van der Waals surface area (Å²) in [6.45, 7) is 3.19. The number of rotatable bonds is 6. The maximum atomic E-state index is 13.0. The fourth-order valence-electron chi connectivity index (χ4n) is 4.17. The van der Waals surface area contributed by atoms with Crippen molar-refractivity contribution in [2.24, 2.45) is 5.92 Å². The largest absolute Gasteiger partial charge is 0.383 e. The highest BCUT2D eigenvalue weighted by atomic mass is 16.5. The number of aromatic amines is 2. The van der Waals surface area contributed by atoms with Crippen LogP contribution in [0.3, 0.4) is 0 Å². The number of hydrogen-bond acceptors (Lipinski definition) is 5. The van der Waals surface area contributed by atoms with Crippen molar-refractivity contribution in [2.75, 3.05) is 50.1 Å². The highest BCUT2D eigenvalue weighted by Gasteiger charge is 2.30. The van der Waals surface area contributed by atoms with Crippen LogP contribution in [0.5, 0.6) is 0 Å². The number of ether oxygens (including phenoxy) is 1. The zero-order valence-corrected chi connectivity index (χ0v) is 16.6. The summed E-state index contributed by atoms with van der Waals surface area (Å²) in [4.78, 5) is 46.3. The Morgan fingerprint density at radius 1 is 1.21 bits per heavy atom. The summed E-state index contributed by atoms with van der Waals surface area (Å²) in [6.07, 6.45) is 3.12. The van der Waals surface area contributed by atoms with Crippen molar-refractivity contribution in [1.29, 1.82) is 0 Å². The fraction of sp³-hybridized carbons (Fsp3) is 0.550. The lowest BCUT2D eigenvalue weighted by Crippen LogP contribution is -2.45. The van der Waals surface area contributed by atoms with Crippen LogP contribution in [0.25, 0.3) is 11.0 Å². The average Bonchev–Trinajstić information content (AvgIpc) is 3.35. The highest BCUT2D eigenvalue weighted by molar-refractivity contribution is 6.00. The number of amides is 2. The first kappa shape index (κ1) is 19.5. The minimum Gasteiger partial charge on any atom is -0.383 e. The monoisotopic (exact) mass is 401 g/mol. The number of carbonyl (C=O) groups excluding carboxylic acids is 2. The Bertz CT molecular complexity index is 959. The molecule has 156 valence electrons. The number of piperidine rings is 1. The molecule has 1 aromatic carbocycles. The molecule has 9 heteroatoms. The van der Waals surface area contributed by atoms with Gasteiger partial charge in [0.05, 0.1) is 34.9 Å². The van der Waals surface area contributed by atoms with E-state index in [1.54, 1.807) is 12.0 Å². The predicted octanol–water partition coefficient (Wildman–Crippen LogP) is 1.28. The maximum Gasteiger partial charge on any atom is 0.323 e. The van der Waals surface area contributed by atoms with E-state index in [9.17, 15) is 14.4 Å². The Hall–Kier alpha value is -2.81. The SMILES string of the molecule is COCCN1CC(C(=O)Nc2cc3[nH]c(=O)[nH]c3cc2N2CCCC2)CCC1=O. The van der Waals surface area contributed by atoms with Crippen LogP contribution >= 0.6 is 0 Å². The third kappa shape index (κ3) is 4.14. The Balaban J connectivity index is 1.56. The lowest BCUT2D eigenvalue weighted by molar-refractivity contribution is -0.137. The normalized spacial score (nSPS) is 19.9. The van der Waals surface area contributed by atoms with Crippen molar-refractivity contribution >= 4 is 34.2 Å². The van der Waals surface area contributed by atoms with Crippen molar-refractivity contribution in [3.05, 3.63) is 22.6 Å². The summed E-state index contributed by atoms with van der Waals surface area (Å²) >= 11 is 0. The van der Waals surface area contributed by atoms with Crippen molar-refractivity contribution in [2.45, 2.75) is 25.7 Å². The Morgan fingerprint density at radius 2 is 1.93 bits per heavy atom. The molecule has 4 rings (SSSR count). The number of H-pyrrole nitrogens is 2. The molecule has 2 aliphatic rings. The Kier molecular flexibility index (Phi) is 5.57. The molecule has 3 heterocycles. The number of likely N-dealkylation sites (tertiary alicyclic amines) is 1. The number of methoxy groups -OCH3 is 1. The average molecular weight is 401 g/mol. The number of nitrogens with zero attached hydrogens (tertiary/aromatic N) is 2. The van der Waals surface area contributed by atoms with Gasteiger partial charge in [-0.15, -0.1) is 0 Å². The van der Waals surface area contributed by atoms with Gasteiger partial charge in [0.25, 0.3) is 0 Å². The standard InChI is InChI=1S/C20H27N5O4/c1-29-9-8-25-12-13(4-5-18(25)26)19(27)21-16-10-14-15(23-20(28)22-14)11-17(16)24-6-2-3-7-24/h10-11,13H,2-9,12H2,1H3,(H,21,27)(H2,22,23,28). The molecule has 9 nitrogen and oxygen atoms in total. The van der Waals surface area contributed by atoms with Crippen LogP contribution in [-0.4, -0.2) is 66.6 Å². The molecule has 0 spiro atoms. The van der Waals surface area contributed by atoms with Gasteiger partial charge in [-0.3, -0.25) is 9.59 Å². The molecular weight excluding hydrogens is 374 g/mol. The third-order valence-electron chi connectivity index (χ3n) is 5.77. The van der Waals surface area contributed by atoms with E-state index in [1.165, 1.54) is 0 Å². The van der Waals surface area contributed by atoms with E-state index in [0.29, 0.717) is 43.7 Å². The summed E-state index contributed by atoms with van der Waals surface area (Å²) in [5.41, 5.74) is 2.73. The van der Waals surface area contributed by atoms with E-state index >= 15 is 0 Å². The Labute approximate surface area is 168 Å². The minimum atomic E-state index is -0.268. The quantitative estimate of drug-likeness (QED) is 0.675. The topological polar surface area (TPSA) is 111 Å². The Morgan fingerprint density at radius 3 is 2.66 bits per heavy atom. The number of hydrogen-bond donors (Lipinski definition) is 3. The molecule has 2 fully saturated rings. The molecule has 0 bridgehead atoms. The van der Waals surface area contributed by atoms with Crippen LogP contribution < -0.4 is 15.9 Å². The number of aromatic nitrogens is 2. The number of anilines is 2. The molecule has 2 aromatic rings. The molecule has 2 saturated heterocycles. The molecule has 0 saturated carbocycles. The zero-order chi connectivity index (χ0) is 20.4. The number of imidazole rings is 1. The van der Waals surface area contributed by atoms with Gasteiger partial charge >= 0.3 is 5.69 Å². The number of benzene rings is 1. The number of nitrogens with one attached hydrogen (secondary N) is 3. The third-order valence-corrected chi connectivity index (χ3v) is 5.77. The highest BCUT2D eigenvalue weighted by Crippen LogP contribution is 2.33. The van der Waals surface area contributed by atoms with E-state index < -0.39 is 0 Å². The smallest absolute Gasteiger partial charge is 0.323 e. The van der Waals surface area contributed by atoms with Gasteiger partial charge in [-0.05, 0) is 31.4 Å². The van der Waals surface area contributed by atoms with Gasteiger partial charge in [0.15, 0.2) is 0 Å². The van der Waals surface area contributed by atoms with E-state index in [2.05, 4.69) is 20.2 Å². The first-order chi connectivity index (χ1) is 14.0. The maximum absolute atomic E-state index is 13.0. The van der Waals surface area contributed by atoms with Crippen LogP contribution in [0.1, 0.15) is 25.7 Å². The summed E-state index contributed by atoms with van der Waals surface area (Å²) in [6, 6.07) is 3.74. The van der Waals surface area contributed by atoms with Crippen LogP contribution in [0, 0.1) is 5.92 Å². The molecule has 1 unspecified atom stereocenters. The van der Waals surface area contributed by atoms with E-state index in [-0.39, 0.29) is 23.4 Å². The molecule has 0 aliphatic carbocycles. The van der Waals surface area contributed by atoms with Crippen LogP contribution in [0.2, 0.25) is 0 Å². The van der Waals surface area contributed by atoms with Gasteiger partial charge in [-0.25, -0.2) is 4.79 Å². The number of carbonyl (C=O) groups is 2. The zero-order valence-electron chi connectivity index (χ0n) is 16.6. The van der Waals surface area contributed by atoms with Crippen molar-refractivity contribution in [1.82, 2.24) is 14.9 Å². The molecule has 1 aromatic heterocycles. The van der Waals surface area contributed by atoms with Crippen molar-refractivity contribution in [3.8, 4) is 0 Å². The molecule has 3 N–H and O–H groups in total. The fourth-order valence-corrected chi connectivity index (χ4v) is 4.17. The molecule has 1 atom stereocenters. The van der Waals surface area contributed by atoms with Crippen molar-refractivity contribution in [3.63, 3.8) is 0 Å². The van der Waals surface area contributed by atoms with Gasteiger partial charge in [-0.2, -0.15) is 0 Å². The van der Waals surface area contributed by atoms with Gasteiger partial charge < -0.3 is 29.8 Å². The van der Waals surface area contributed by atoms with Crippen LogP contribution in [0.15, 0.2) is 16.9 Å². The molecule has 2 amide bonds. The van der Waals surface area contributed by atoms with Gasteiger partial charge in [-0.1, -0.05) is 0 Å². The first-order valence-electron chi connectivity index (χ1n) is 10.1. The summed E-state index contributed by atoms with van der Waals surface area (Å²) < 4.78 is 5.07. The second-order valence-electron chi connectivity index (χ2n) is 7.75. The summed E-state index contributed by atoms with van der Waals surface area (Å²) in [7, 11) is 1.60. The van der Waals surface area contributed by atoms with Crippen LogP contribution in [-0.2, 0) is 14.3 Å². The lowest BCUT2D eigenvalue weighted by atomic mass is 9.96.